The van der Waals surface area contributed by atoms with Gasteiger partial charge in [-0.2, -0.15) is 0 Å². The Labute approximate surface area is 137 Å². The van der Waals surface area contributed by atoms with Crippen LogP contribution in [0.15, 0.2) is 24.3 Å². The number of halogens is 1. The molecule has 23 heavy (non-hydrogen) atoms. The quantitative estimate of drug-likeness (QED) is 0.790. The third kappa shape index (κ3) is 4.31. The minimum Gasteiger partial charge on any atom is -0.393 e. The number of carbonyl (C=O) groups is 1. The van der Waals surface area contributed by atoms with Crippen molar-refractivity contribution in [1.82, 2.24) is 5.32 Å². The predicted molar refractivity (Wildman–Crippen MR) is 87.5 cm³/mol. The molecule has 2 fully saturated rings. The third-order valence-electron chi connectivity index (χ3n) is 5.35. The molecule has 1 aromatic rings. The second kappa shape index (κ2) is 7.43. The Bertz CT molecular complexity index is 531. The van der Waals surface area contributed by atoms with Crippen LogP contribution in [0.2, 0.25) is 0 Å². The number of hydrogen-bond acceptors (Lipinski definition) is 2. The molecule has 4 heteroatoms. The Balaban J connectivity index is 1.35. The van der Waals surface area contributed by atoms with E-state index in [4.69, 9.17) is 0 Å². The maximum Gasteiger partial charge on any atom is 0.223 e. The summed E-state index contributed by atoms with van der Waals surface area (Å²) in [6.07, 6.45) is 7.04. The van der Waals surface area contributed by atoms with Gasteiger partial charge in [-0.3, -0.25) is 4.79 Å². The van der Waals surface area contributed by atoms with Gasteiger partial charge in [-0.25, -0.2) is 4.39 Å². The Morgan fingerprint density at radius 1 is 1.22 bits per heavy atom. The topological polar surface area (TPSA) is 49.3 Å². The molecule has 3 rings (SSSR count). The molecule has 0 heterocycles. The Hall–Kier alpha value is -1.42. The van der Waals surface area contributed by atoms with Gasteiger partial charge in [0.25, 0.3) is 0 Å². The zero-order valence-electron chi connectivity index (χ0n) is 13.5. The van der Waals surface area contributed by atoms with Crippen LogP contribution in [-0.4, -0.2) is 23.7 Å². The van der Waals surface area contributed by atoms with Gasteiger partial charge < -0.3 is 10.4 Å². The molecular formula is C19H26FNO2. The molecule has 3 nitrogen and oxygen atoms in total. The summed E-state index contributed by atoms with van der Waals surface area (Å²) in [5, 5.41) is 13.0. The number of aliphatic hydroxyl groups excluding tert-OH is 1. The number of amides is 1. The monoisotopic (exact) mass is 319 g/mol. The number of nitrogens with one attached hydrogen (secondary N) is 1. The van der Waals surface area contributed by atoms with Gasteiger partial charge in [0, 0.05) is 12.5 Å². The molecule has 0 spiro atoms. The number of benzene rings is 1. The van der Waals surface area contributed by atoms with E-state index in [-0.39, 0.29) is 29.7 Å². The summed E-state index contributed by atoms with van der Waals surface area (Å²) in [7, 11) is 0. The van der Waals surface area contributed by atoms with Crippen LogP contribution < -0.4 is 5.32 Å². The number of aliphatic hydroxyl groups is 1. The summed E-state index contributed by atoms with van der Waals surface area (Å²) in [5.41, 5.74) is 1.05. The molecular weight excluding hydrogens is 293 g/mol. The van der Waals surface area contributed by atoms with E-state index in [1.165, 1.54) is 18.6 Å². The predicted octanol–water partition coefficient (Wildman–Crippen LogP) is 3.38. The first-order valence-corrected chi connectivity index (χ1v) is 8.86. The molecule has 0 aliphatic heterocycles. The summed E-state index contributed by atoms with van der Waals surface area (Å²) in [6, 6.07) is 6.46. The highest BCUT2D eigenvalue weighted by Crippen LogP contribution is 2.47. The van der Waals surface area contributed by atoms with Crippen LogP contribution in [0.3, 0.4) is 0 Å². The average molecular weight is 319 g/mol. The van der Waals surface area contributed by atoms with E-state index in [0.717, 1.165) is 44.1 Å². The van der Waals surface area contributed by atoms with Gasteiger partial charge in [0.05, 0.1) is 6.10 Å². The third-order valence-corrected chi connectivity index (χ3v) is 5.35. The molecule has 0 radical (unpaired) electrons. The van der Waals surface area contributed by atoms with E-state index in [0.29, 0.717) is 12.5 Å². The summed E-state index contributed by atoms with van der Waals surface area (Å²) in [6.45, 7) is 0.689. The average Bonchev–Trinajstić information content (AvgIpc) is 3.34. The van der Waals surface area contributed by atoms with Gasteiger partial charge in [0.2, 0.25) is 5.91 Å². The Morgan fingerprint density at radius 3 is 2.70 bits per heavy atom. The Kier molecular flexibility index (Phi) is 5.31. The van der Waals surface area contributed by atoms with Crippen LogP contribution in [-0.2, 0) is 4.79 Å². The molecule has 4 atom stereocenters. The minimum absolute atomic E-state index is 0.0423. The molecule has 0 unspecified atom stereocenters. The highest BCUT2D eigenvalue weighted by atomic mass is 19.1. The smallest absolute Gasteiger partial charge is 0.223 e. The first-order chi connectivity index (χ1) is 11.1. The highest BCUT2D eigenvalue weighted by Gasteiger charge is 2.43. The highest BCUT2D eigenvalue weighted by molar-refractivity contribution is 5.82. The van der Waals surface area contributed by atoms with E-state index in [9.17, 15) is 14.3 Å². The zero-order valence-corrected chi connectivity index (χ0v) is 13.5. The summed E-state index contributed by atoms with van der Waals surface area (Å²) in [5.74, 6) is 0.578. The Morgan fingerprint density at radius 2 is 1.96 bits per heavy atom. The van der Waals surface area contributed by atoms with Crippen LogP contribution in [0.5, 0.6) is 0 Å². The lowest BCUT2D eigenvalue weighted by Crippen LogP contribution is -2.29. The van der Waals surface area contributed by atoms with E-state index >= 15 is 0 Å². The van der Waals surface area contributed by atoms with Gasteiger partial charge in [-0.1, -0.05) is 25.0 Å². The van der Waals surface area contributed by atoms with Crippen molar-refractivity contribution in [2.24, 2.45) is 11.8 Å². The second-order valence-electron chi connectivity index (χ2n) is 7.05. The van der Waals surface area contributed by atoms with E-state index in [2.05, 4.69) is 5.32 Å². The van der Waals surface area contributed by atoms with Crippen molar-refractivity contribution in [3.63, 3.8) is 0 Å². The first-order valence-electron chi connectivity index (χ1n) is 8.86. The SMILES string of the molecule is O=C(NCCC[C@@H]1CCCC[C@@H]1O)[C@@H]1C[C@H]1c1ccc(F)cc1. The summed E-state index contributed by atoms with van der Waals surface area (Å²) >= 11 is 0. The standard InChI is InChI=1S/C19H26FNO2/c20-15-9-7-13(8-10-15)16-12-17(16)19(23)21-11-3-5-14-4-1-2-6-18(14)22/h7-10,14,16-18,22H,1-6,11-12H2,(H,21,23)/t14-,16-,17+,18-/m0/s1. The lowest BCUT2D eigenvalue weighted by Gasteiger charge is -2.27. The molecule has 2 N–H and O–H groups in total. The van der Waals surface area contributed by atoms with E-state index in [1.54, 1.807) is 12.1 Å². The van der Waals surface area contributed by atoms with Crippen molar-refractivity contribution in [3.05, 3.63) is 35.6 Å². The van der Waals surface area contributed by atoms with Gasteiger partial charge in [-0.15, -0.1) is 0 Å². The van der Waals surface area contributed by atoms with E-state index < -0.39 is 0 Å². The van der Waals surface area contributed by atoms with Crippen molar-refractivity contribution in [1.29, 1.82) is 0 Å². The fourth-order valence-corrected chi connectivity index (χ4v) is 3.79. The van der Waals surface area contributed by atoms with E-state index in [1.807, 2.05) is 0 Å². The molecule has 1 amide bonds. The molecule has 2 aliphatic rings. The van der Waals surface area contributed by atoms with Crippen LogP contribution in [0, 0.1) is 17.7 Å². The lowest BCUT2D eigenvalue weighted by molar-refractivity contribution is -0.122. The molecule has 126 valence electrons. The molecule has 2 aliphatic carbocycles. The molecule has 0 saturated heterocycles. The second-order valence-corrected chi connectivity index (χ2v) is 7.05. The number of rotatable bonds is 6. The largest absolute Gasteiger partial charge is 0.393 e. The maximum atomic E-state index is 12.9. The van der Waals surface area contributed by atoms with Crippen molar-refractivity contribution in [2.45, 2.75) is 57.0 Å². The van der Waals surface area contributed by atoms with Crippen LogP contribution in [0.4, 0.5) is 4.39 Å². The number of carbonyl (C=O) groups excluding carboxylic acids is 1. The molecule has 0 aromatic heterocycles. The van der Waals surface area contributed by atoms with Gasteiger partial charge in [0.15, 0.2) is 0 Å². The summed E-state index contributed by atoms with van der Waals surface area (Å²) in [4.78, 5) is 12.1. The fourth-order valence-electron chi connectivity index (χ4n) is 3.79. The normalized spacial score (nSPS) is 30.0. The van der Waals surface area contributed by atoms with Crippen LogP contribution >= 0.6 is 0 Å². The minimum atomic E-state index is -0.236. The zero-order chi connectivity index (χ0) is 16.2. The molecule has 1 aromatic carbocycles. The lowest BCUT2D eigenvalue weighted by atomic mass is 9.83. The summed E-state index contributed by atoms with van der Waals surface area (Å²) < 4.78 is 12.9. The van der Waals surface area contributed by atoms with Crippen molar-refractivity contribution in [3.8, 4) is 0 Å². The molecule has 2 saturated carbocycles. The maximum absolute atomic E-state index is 12.9. The fraction of sp³-hybridized carbons (Fsp3) is 0.632. The first kappa shape index (κ1) is 16.4. The van der Waals surface area contributed by atoms with Crippen LogP contribution in [0.25, 0.3) is 0 Å². The van der Waals surface area contributed by atoms with Crippen molar-refractivity contribution >= 4 is 5.91 Å². The number of hydrogen-bond donors (Lipinski definition) is 2. The van der Waals surface area contributed by atoms with Gasteiger partial charge in [0.1, 0.15) is 5.82 Å². The van der Waals surface area contributed by atoms with Gasteiger partial charge in [-0.05, 0) is 61.6 Å². The van der Waals surface area contributed by atoms with Crippen LogP contribution in [0.1, 0.15) is 56.4 Å². The molecule has 0 bridgehead atoms. The van der Waals surface area contributed by atoms with Crippen molar-refractivity contribution < 1.29 is 14.3 Å². The van der Waals surface area contributed by atoms with Gasteiger partial charge >= 0.3 is 0 Å². The van der Waals surface area contributed by atoms with Crippen molar-refractivity contribution in [2.75, 3.05) is 6.54 Å².